The Balaban J connectivity index is 1.60. The minimum atomic E-state index is -0.553. The van der Waals surface area contributed by atoms with Crippen LogP contribution in [0, 0.1) is 11.6 Å². The van der Waals surface area contributed by atoms with Gasteiger partial charge >= 0.3 is 6.09 Å². The van der Waals surface area contributed by atoms with Crippen LogP contribution in [0.2, 0.25) is 0 Å². The standard InChI is InChI=1S/C25H32F2N4O3/c1-25(2,3)34-24(33)29(4)21-11-13-30(14-12-21)16-18-5-10-22(27)23(15-18)31(17-32)28-20-8-6-19(26)7-9-20/h5-10,15,17,21,28H,11-14,16H2,1-4H3. The van der Waals surface area contributed by atoms with Crippen LogP contribution >= 0.6 is 0 Å². The summed E-state index contributed by atoms with van der Waals surface area (Å²) < 4.78 is 33.1. The first-order valence-corrected chi connectivity index (χ1v) is 11.3. The molecule has 0 aliphatic carbocycles. The van der Waals surface area contributed by atoms with E-state index >= 15 is 0 Å². The molecule has 184 valence electrons. The number of halogens is 2. The second kappa shape index (κ2) is 10.8. The predicted molar refractivity (Wildman–Crippen MR) is 127 cm³/mol. The van der Waals surface area contributed by atoms with Gasteiger partial charge in [-0.25, -0.2) is 18.6 Å². The summed E-state index contributed by atoms with van der Waals surface area (Å²) in [6, 6.07) is 10.2. The maximum absolute atomic E-state index is 14.5. The lowest BCUT2D eigenvalue weighted by molar-refractivity contribution is -0.107. The van der Waals surface area contributed by atoms with Crippen molar-refractivity contribution in [1.82, 2.24) is 9.80 Å². The number of piperidine rings is 1. The molecular formula is C25H32F2N4O3. The average Bonchev–Trinajstić information content (AvgIpc) is 2.79. The highest BCUT2D eigenvalue weighted by molar-refractivity contribution is 5.79. The Morgan fingerprint density at radius 3 is 2.38 bits per heavy atom. The molecule has 1 N–H and O–H groups in total. The highest BCUT2D eigenvalue weighted by atomic mass is 19.1. The molecule has 2 aromatic carbocycles. The Morgan fingerprint density at radius 2 is 1.79 bits per heavy atom. The molecule has 1 heterocycles. The number of hydrogen-bond donors (Lipinski definition) is 1. The number of amides is 2. The smallest absolute Gasteiger partial charge is 0.410 e. The second-order valence-electron chi connectivity index (χ2n) is 9.48. The van der Waals surface area contributed by atoms with Crippen LogP contribution in [0.15, 0.2) is 42.5 Å². The van der Waals surface area contributed by atoms with Crippen LogP contribution in [0.1, 0.15) is 39.2 Å². The summed E-state index contributed by atoms with van der Waals surface area (Å²) in [4.78, 5) is 27.9. The van der Waals surface area contributed by atoms with Gasteiger partial charge in [0.1, 0.15) is 22.9 Å². The molecule has 34 heavy (non-hydrogen) atoms. The molecule has 0 aromatic heterocycles. The van der Waals surface area contributed by atoms with E-state index in [4.69, 9.17) is 4.74 Å². The van der Waals surface area contributed by atoms with Gasteiger partial charge in [-0.3, -0.25) is 15.1 Å². The van der Waals surface area contributed by atoms with Crippen LogP contribution in [-0.2, 0) is 16.1 Å². The molecule has 2 aromatic rings. The molecule has 0 atom stereocenters. The summed E-state index contributed by atoms with van der Waals surface area (Å²) in [5, 5.41) is 1.04. The van der Waals surface area contributed by atoms with Gasteiger partial charge in [-0.15, -0.1) is 0 Å². The molecule has 0 radical (unpaired) electrons. The van der Waals surface area contributed by atoms with Gasteiger partial charge in [0.05, 0.1) is 5.69 Å². The van der Waals surface area contributed by atoms with E-state index in [1.165, 1.54) is 30.3 Å². The number of rotatable bonds is 7. The number of nitrogens with one attached hydrogen (secondary N) is 1. The number of carbonyl (C=O) groups excluding carboxylic acids is 2. The first-order chi connectivity index (χ1) is 16.1. The van der Waals surface area contributed by atoms with E-state index in [0.29, 0.717) is 18.6 Å². The number of ether oxygens (including phenoxy) is 1. The Kier molecular flexibility index (Phi) is 8.09. The van der Waals surface area contributed by atoms with E-state index in [9.17, 15) is 18.4 Å². The molecule has 7 nitrogen and oxygen atoms in total. The van der Waals surface area contributed by atoms with Crippen LogP contribution in [0.25, 0.3) is 0 Å². The molecule has 1 aliphatic rings. The van der Waals surface area contributed by atoms with Crippen molar-refractivity contribution in [2.75, 3.05) is 30.6 Å². The first kappa shape index (κ1) is 25.4. The molecule has 0 unspecified atom stereocenters. The fraction of sp³-hybridized carbons (Fsp3) is 0.440. The van der Waals surface area contributed by atoms with Crippen molar-refractivity contribution in [2.45, 2.75) is 51.8 Å². The predicted octanol–water partition coefficient (Wildman–Crippen LogP) is 4.79. The third-order valence-electron chi connectivity index (χ3n) is 5.66. The van der Waals surface area contributed by atoms with E-state index in [1.807, 2.05) is 20.8 Å². The van der Waals surface area contributed by atoms with Gasteiger partial charge in [0, 0.05) is 32.7 Å². The molecule has 0 saturated carbocycles. The quantitative estimate of drug-likeness (QED) is 0.462. The van der Waals surface area contributed by atoms with Gasteiger partial charge in [-0.05, 0) is 75.6 Å². The summed E-state index contributed by atoms with van der Waals surface area (Å²) in [6.45, 7) is 7.67. The van der Waals surface area contributed by atoms with Crippen LogP contribution in [-0.4, -0.2) is 54.1 Å². The lowest BCUT2D eigenvalue weighted by atomic mass is 10.0. The number of carbonyl (C=O) groups is 2. The SMILES string of the molecule is CN(C(=O)OC(C)(C)C)C1CCN(Cc2ccc(F)c(N(C=O)Nc3ccc(F)cc3)c2)CC1. The maximum Gasteiger partial charge on any atom is 0.410 e. The maximum atomic E-state index is 14.5. The lowest BCUT2D eigenvalue weighted by Gasteiger charge is -2.37. The summed E-state index contributed by atoms with van der Waals surface area (Å²) in [5.41, 5.74) is 3.63. The number of hydrazine groups is 1. The fourth-order valence-corrected chi connectivity index (χ4v) is 3.85. The van der Waals surface area contributed by atoms with Gasteiger partial charge in [0.15, 0.2) is 0 Å². The van der Waals surface area contributed by atoms with E-state index in [0.717, 1.165) is 36.5 Å². The topological polar surface area (TPSA) is 65.1 Å². The molecule has 1 aliphatic heterocycles. The summed E-state index contributed by atoms with van der Waals surface area (Å²) in [7, 11) is 1.77. The van der Waals surface area contributed by atoms with Crippen molar-refractivity contribution in [3.05, 3.63) is 59.7 Å². The number of hydrogen-bond acceptors (Lipinski definition) is 5. The zero-order chi connectivity index (χ0) is 24.9. The van der Waals surface area contributed by atoms with Gasteiger partial charge < -0.3 is 9.64 Å². The van der Waals surface area contributed by atoms with Crippen LogP contribution < -0.4 is 10.4 Å². The second-order valence-corrected chi connectivity index (χ2v) is 9.48. The Labute approximate surface area is 199 Å². The molecule has 1 fully saturated rings. The Bertz CT molecular complexity index is 987. The molecular weight excluding hydrogens is 442 g/mol. The third kappa shape index (κ3) is 6.90. The van der Waals surface area contributed by atoms with Gasteiger partial charge in [-0.2, -0.15) is 0 Å². The van der Waals surface area contributed by atoms with E-state index < -0.39 is 17.2 Å². The van der Waals surface area contributed by atoms with Crippen LogP contribution in [0.3, 0.4) is 0 Å². The summed E-state index contributed by atoms with van der Waals surface area (Å²) in [6.07, 6.45) is 1.76. The molecule has 9 heteroatoms. The number of benzene rings is 2. The van der Waals surface area contributed by atoms with Crippen molar-refractivity contribution >= 4 is 23.9 Å². The van der Waals surface area contributed by atoms with E-state index in [-0.39, 0.29) is 17.8 Å². The zero-order valence-electron chi connectivity index (χ0n) is 20.1. The lowest BCUT2D eigenvalue weighted by Crippen LogP contribution is -2.46. The van der Waals surface area contributed by atoms with Crippen molar-refractivity contribution < 1.29 is 23.1 Å². The Morgan fingerprint density at radius 1 is 1.15 bits per heavy atom. The highest BCUT2D eigenvalue weighted by Crippen LogP contribution is 2.24. The third-order valence-corrected chi connectivity index (χ3v) is 5.66. The molecule has 2 amide bonds. The van der Waals surface area contributed by atoms with Crippen molar-refractivity contribution in [2.24, 2.45) is 0 Å². The zero-order valence-corrected chi connectivity index (χ0v) is 20.1. The molecule has 0 spiro atoms. The largest absolute Gasteiger partial charge is 0.444 e. The van der Waals surface area contributed by atoms with Gasteiger partial charge in [0.2, 0.25) is 6.41 Å². The van der Waals surface area contributed by atoms with Crippen LogP contribution in [0.5, 0.6) is 0 Å². The number of likely N-dealkylation sites (tertiary alicyclic amines) is 1. The van der Waals surface area contributed by atoms with Gasteiger partial charge in [0.25, 0.3) is 0 Å². The van der Waals surface area contributed by atoms with Crippen molar-refractivity contribution in [3.63, 3.8) is 0 Å². The monoisotopic (exact) mass is 474 g/mol. The summed E-state index contributed by atoms with van der Waals surface area (Å²) in [5.74, 6) is -0.958. The minimum Gasteiger partial charge on any atom is -0.444 e. The normalized spacial score (nSPS) is 15.0. The average molecular weight is 475 g/mol. The number of anilines is 2. The fourth-order valence-electron chi connectivity index (χ4n) is 3.85. The Hall–Kier alpha value is -3.20. The van der Waals surface area contributed by atoms with Crippen LogP contribution in [0.4, 0.5) is 25.0 Å². The van der Waals surface area contributed by atoms with Gasteiger partial charge in [-0.1, -0.05) is 6.07 Å². The molecule has 0 bridgehead atoms. The summed E-state index contributed by atoms with van der Waals surface area (Å²) >= 11 is 0. The van der Waals surface area contributed by atoms with E-state index in [1.54, 1.807) is 24.1 Å². The van der Waals surface area contributed by atoms with Crippen molar-refractivity contribution in [1.29, 1.82) is 0 Å². The molecule has 3 rings (SSSR count). The minimum absolute atomic E-state index is 0.0800. The highest BCUT2D eigenvalue weighted by Gasteiger charge is 2.28. The first-order valence-electron chi connectivity index (χ1n) is 11.3. The van der Waals surface area contributed by atoms with E-state index in [2.05, 4.69) is 10.3 Å². The number of nitrogens with zero attached hydrogens (tertiary/aromatic N) is 3. The molecule has 1 saturated heterocycles. The van der Waals surface area contributed by atoms with Crippen molar-refractivity contribution in [3.8, 4) is 0 Å².